The molecule has 0 saturated carbocycles. The Balaban J connectivity index is 1.81. The van der Waals surface area contributed by atoms with Crippen LogP contribution in [0.25, 0.3) is 22.0 Å². The highest BCUT2D eigenvalue weighted by atomic mass is 19.1. The summed E-state index contributed by atoms with van der Waals surface area (Å²) in [6.07, 6.45) is 2.14. The molecule has 4 aromatic rings. The Kier molecular flexibility index (Phi) is 7.57. The smallest absolute Gasteiger partial charge is 0.257 e. The minimum atomic E-state index is -0.726. The molecule has 0 aliphatic carbocycles. The van der Waals surface area contributed by atoms with E-state index in [2.05, 4.69) is 0 Å². The summed E-state index contributed by atoms with van der Waals surface area (Å²) in [5, 5.41) is -0.205. The van der Waals surface area contributed by atoms with Crippen LogP contribution in [0.1, 0.15) is 23.7 Å². The molecule has 35 heavy (non-hydrogen) atoms. The zero-order chi connectivity index (χ0) is 24.8. The number of hydrogen-bond donors (Lipinski definition) is 0. The third-order valence-electron chi connectivity index (χ3n) is 5.53. The number of nitrogens with zero attached hydrogens (tertiary/aromatic N) is 1. The second-order valence-corrected chi connectivity index (χ2v) is 7.96. The summed E-state index contributed by atoms with van der Waals surface area (Å²) in [7, 11) is 1.54. The number of fused-ring (bicyclic) bond motifs is 1. The van der Waals surface area contributed by atoms with E-state index in [1.54, 1.807) is 31.4 Å². The van der Waals surface area contributed by atoms with Crippen LogP contribution in [0.2, 0.25) is 0 Å². The lowest BCUT2D eigenvalue weighted by Gasteiger charge is -2.17. The lowest BCUT2D eigenvalue weighted by atomic mass is 10.0. The van der Waals surface area contributed by atoms with Crippen LogP contribution >= 0.6 is 0 Å². The summed E-state index contributed by atoms with van der Waals surface area (Å²) in [6.45, 7) is 2.26. The van der Waals surface area contributed by atoms with Gasteiger partial charge in [-0.2, -0.15) is 0 Å². The maximum absolute atomic E-state index is 15.0. The minimum Gasteiger partial charge on any atom is -0.497 e. The van der Waals surface area contributed by atoms with Crippen LogP contribution in [0.3, 0.4) is 0 Å². The molecule has 7 heteroatoms. The second kappa shape index (κ2) is 11.0. The topological polar surface area (TPSA) is 66.8 Å². The first-order valence-corrected chi connectivity index (χ1v) is 11.3. The third kappa shape index (κ3) is 5.25. The second-order valence-electron chi connectivity index (χ2n) is 7.96. The van der Waals surface area contributed by atoms with Crippen molar-refractivity contribution in [3.8, 4) is 22.6 Å². The molecule has 0 atom stereocenters. The predicted octanol–water partition coefficient (Wildman–Crippen LogP) is 5.46. The van der Waals surface area contributed by atoms with Gasteiger partial charge >= 0.3 is 0 Å². The quantitative estimate of drug-likeness (QED) is 0.322. The van der Waals surface area contributed by atoms with Gasteiger partial charge in [-0.25, -0.2) is 4.39 Å². The highest BCUT2D eigenvalue weighted by molar-refractivity contribution is 5.97. The SMILES string of the molecule is CCCOc1ccc(F)c2c(=O)c(-c3ccc(OC)cc3)cn(C(=O)COCc3ccccc3)c12. The summed E-state index contributed by atoms with van der Waals surface area (Å²) in [6, 6.07) is 18.9. The first kappa shape index (κ1) is 24.2. The van der Waals surface area contributed by atoms with Gasteiger partial charge in [0, 0.05) is 11.8 Å². The largest absolute Gasteiger partial charge is 0.497 e. The Bertz CT molecular complexity index is 1380. The maximum atomic E-state index is 15.0. The molecule has 0 aliphatic rings. The molecule has 1 aromatic heterocycles. The van der Waals surface area contributed by atoms with Gasteiger partial charge in [-0.15, -0.1) is 0 Å². The number of halogens is 1. The number of benzene rings is 3. The summed E-state index contributed by atoms with van der Waals surface area (Å²) in [5.74, 6) is -0.302. The van der Waals surface area contributed by atoms with E-state index in [1.165, 1.54) is 22.9 Å². The standard InChI is InChI=1S/C28H26FNO5/c1-3-15-35-24-14-13-23(29)26-27(24)30(25(31)18-34-17-19-7-5-4-6-8-19)16-22(28(26)32)20-9-11-21(33-2)12-10-20/h4-14,16H,3,15,17-18H2,1-2H3. The molecule has 0 aliphatic heterocycles. The van der Waals surface area contributed by atoms with Gasteiger partial charge < -0.3 is 14.2 Å². The molecule has 0 saturated heterocycles. The number of methoxy groups -OCH3 is 1. The van der Waals surface area contributed by atoms with Crippen LogP contribution in [0.4, 0.5) is 4.39 Å². The molecule has 0 amide bonds. The van der Waals surface area contributed by atoms with Gasteiger partial charge in [-0.1, -0.05) is 49.4 Å². The van der Waals surface area contributed by atoms with Gasteiger partial charge in [0.2, 0.25) is 0 Å². The molecule has 0 spiro atoms. The van der Waals surface area contributed by atoms with E-state index in [0.717, 1.165) is 5.56 Å². The Morgan fingerprint density at radius 1 is 1.00 bits per heavy atom. The molecule has 6 nitrogen and oxygen atoms in total. The van der Waals surface area contributed by atoms with Crippen molar-refractivity contribution in [2.75, 3.05) is 20.3 Å². The average Bonchev–Trinajstić information content (AvgIpc) is 2.89. The van der Waals surface area contributed by atoms with Gasteiger partial charge in [-0.05, 0) is 41.8 Å². The van der Waals surface area contributed by atoms with Crippen molar-refractivity contribution < 1.29 is 23.4 Å². The number of ether oxygens (including phenoxy) is 3. The zero-order valence-electron chi connectivity index (χ0n) is 19.6. The Morgan fingerprint density at radius 2 is 1.74 bits per heavy atom. The van der Waals surface area contributed by atoms with Crippen molar-refractivity contribution in [3.63, 3.8) is 0 Å². The van der Waals surface area contributed by atoms with E-state index >= 15 is 4.39 Å². The lowest BCUT2D eigenvalue weighted by molar-refractivity contribution is 0.0648. The predicted molar refractivity (Wildman–Crippen MR) is 133 cm³/mol. The van der Waals surface area contributed by atoms with Crippen LogP contribution in [0, 0.1) is 5.82 Å². The van der Waals surface area contributed by atoms with Crippen molar-refractivity contribution in [1.82, 2.24) is 4.57 Å². The van der Waals surface area contributed by atoms with Crippen LogP contribution < -0.4 is 14.9 Å². The molecule has 0 fully saturated rings. The lowest BCUT2D eigenvalue weighted by Crippen LogP contribution is -2.23. The normalized spacial score (nSPS) is 10.9. The van der Waals surface area contributed by atoms with Crippen LogP contribution in [0.5, 0.6) is 11.5 Å². The monoisotopic (exact) mass is 475 g/mol. The van der Waals surface area contributed by atoms with Gasteiger partial charge in [-0.3, -0.25) is 14.2 Å². The van der Waals surface area contributed by atoms with E-state index in [9.17, 15) is 9.59 Å². The fourth-order valence-corrected chi connectivity index (χ4v) is 3.79. The highest BCUT2D eigenvalue weighted by Crippen LogP contribution is 2.30. The van der Waals surface area contributed by atoms with Crippen molar-refractivity contribution in [2.45, 2.75) is 20.0 Å². The van der Waals surface area contributed by atoms with Crippen molar-refractivity contribution >= 4 is 16.8 Å². The highest BCUT2D eigenvalue weighted by Gasteiger charge is 2.21. The Morgan fingerprint density at radius 3 is 2.43 bits per heavy atom. The van der Waals surface area contributed by atoms with Gasteiger partial charge in [0.1, 0.15) is 29.4 Å². The van der Waals surface area contributed by atoms with Crippen LogP contribution in [-0.4, -0.2) is 30.8 Å². The number of carbonyl (C=O) groups excluding carboxylic acids is 1. The number of hydrogen-bond acceptors (Lipinski definition) is 5. The molecule has 0 bridgehead atoms. The minimum absolute atomic E-state index is 0.0917. The molecular formula is C28H26FNO5. The summed E-state index contributed by atoms with van der Waals surface area (Å²) in [5.41, 5.74) is 1.20. The molecule has 1 heterocycles. The average molecular weight is 476 g/mol. The van der Waals surface area contributed by atoms with E-state index < -0.39 is 17.2 Å². The van der Waals surface area contributed by atoms with Crippen molar-refractivity contribution in [1.29, 1.82) is 0 Å². The Labute approximate surface area is 202 Å². The zero-order valence-corrected chi connectivity index (χ0v) is 19.6. The molecule has 0 unspecified atom stereocenters. The van der Waals surface area contributed by atoms with Crippen molar-refractivity contribution in [3.05, 3.63) is 94.5 Å². The molecular weight excluding hydrogens is 449 g/mol. The maximum Gasteiger partial charge on any atom is 0.257 e. The first-order chi connectivity index (χ1) is 17.0. The van der Waals surface area contributed by atoms with Gasteiger partial charge in [0.25, 0.3) is 5.91 Å². The number of rotatable bonds is 9. The van der Waals surface area contributed by atoms with E-state index in [-0.39, 0.29) is 35.4 Å². The van der Waals surface area contributed by atoms with Crippen molar-refractivity contribution in [2.24, 2.45) is 0 Å². The van der Waals surface area contributed by atoms with E-state index in [1.807, 2.05) is 37.3 Å². The van der Waals surface area contributed by atoms with Crippen LogP contribution in [0.15, 0.2) is 77.7 Å². The number of carbonyl (C=O) groups is 1. The summed E-state index contributed by atoms with van der Waals surface area (Å²) >= 11 is 0. The molecule has 0 radical (unpaired) electrons. The molecule has 0 N–H and O–H groups in total. The Hall–Kier alpha value is -3.97. The van der Waals surface area contributed by atoms with E-state index in [0.29, 0.717) is 24.3 Å². The van der Waals surface area contributed by atoms with Gasteiger partial charge in [0.15, 0.2) is 5.43 Å². The molecule has 3 aromatic carbocycles. The van der Waals surface area contributed by atoms with E-state index in [4.69, 9.17) is 14.2 Å². The van der Waals surface area contributed by atoms with Gasteiger partial charge in [0.05, 0.1) is 25.7 Å². The fraction of sp³-hybridized carbons (Fsp3) is 0.214. The number of pyridine rings is 1. The van der Waals surface area contributed by atoms with Crippen LogP contribution in [-0.2, 0) is 11.3 Å². The number of aromatic nitrogens is 1. The summed E-state index contributed by atoms with van der Waals surface area (Å²) < 4.78 is 32.9. The third-order valence-corrected chi connectivity index (χ3v) is 5.53. The molecule has 4 rings (SSSR count). The fourth-order valence-electron chi connectivity index (χ4n) is 3.79. The molecule has 180 valence electrons. The summed E-state index contributed by atoms with van der Waals surface area (Å²) in [4.78, 5) is 26.7. The first-order valence-electron chi connectivity index (χ1n) is 11.3.